The van der Waals surface area contributed by atoms with Crippen LogP contribution in [-0.4, -0.2) is 35.1 Å². The third kappa shape index (κ3) is 2.56. The number of aliphatic hydroxyl groups excluding tert-OH is 1. The molecule has 0 saturated carbocycles. The number of aliphatic hydroxyl groups is 1. The molecule has 1 heterocycles. The van der Waals surface area contributed by atoms with Crippen LogP contribution >= 0.6 is 0 Å². The van der Waals surface area contributed by atoms with Gasteiger partial charge in [-0.05, 0) is 13.3 Å². The third-order valence-electron chi connectivity index (χ3n) is 2.58. The Morgan fingerprint density at radius 1 is 1.85 bits per heavy atom. The van der Waals surface area contributed by atoms with Crippen molar-refractivity contribution in [2.45, 2.75) is 25.9 Å². The molecule has 2 unspecified atom stereocenters. The molecule has 0 bridgehead atoms. The monoisotopic (exact) mass is 183 g/mol. The van der Waals surface area contributed by atoms with Crippen LogP contribution in [0.3, 0.4) is 0 Å². The molecule has 0 radical (unpaired) electrons. The predicted octanol–water partition coefficient (Wildman–Crippen LogP) is 0.792. The Morgan fingerprint density at radius 3 is 3.00 bits per heavy atom. The summed E-state index contributed by atoms with van der Waals surface area (Å²) in [6, 6.07) is 0. The first-order valence-corrected chi connectivity index (χ1v) is 4.72. The summed E-state index contributed by atoms with van der Waals surface area (Å²) in [6.07, 6.45) is 2.65. The van der Waals surface area contributed by atoms with Crippen LogP contribution in [-0.2, 0) is 4.79 Å². The minimum absolute atomic E-state index is 0.123. The summed E-state index contributed by atoms with van der Waals surface area (Å²) in [5.41, 5.74) is 0. The van der Waals surface area contributed by atoms with Gasteiger partial charge in [-0.15, -0.1) is 6.58 Å². The van der Waals surface area contributed by atoms with Gasteiger partial charge in [0.25, 0.3) is 0 Å². The molecular weight excluding hydrogens is 166 g/mol. The van der Waals surface area contributed by atoms with Crippen molar-refractivity contribution < 1.29 is 9.90 Å². The minimum Gasteiger partial charge on any atom is -0.393 e. The van der Waals surface area contributed by atoms with E-state index in [2.05, 4.69) is 6.58 Å². The molecule has 0 aromatic carbocycles. The number of hydrogen-bond acceptors (Lipinski definition) is 2. The molecule has 13 heavy (non-hydrogen) atoms. The van der Waals surface area contributed by atoms with Crippen molar-refractivity contribution in [3.8, 4) is 0 Å². The van der Waals surface area contributed by atoms with E-state index in [1.54, 1.807) is 17.9 Å². The fourth-order valence-corrected chi connectivity index (χ4v) is 1.66. The normalized spacial score (nSPS) is 24.5. The Balaban J connectivity index is 2.40. The molecule has 1 aliphatic rings. The van der Waals surface area contributed by atoms with Crippen LogP contribution in [0.25, 0.3) is 0 Å². The minimum atomic E-state index is -0.304. The number of likely N-dealkylation sites (tertiary alicyclic amines) is 1. The van der Waals surface area contributed by atoms with Crippen molar-refractivity contribution in [2.24, 2.45) is 5.92 Å². The van der Waals surface area contributed by atoms with Crippen LogP contribution in [0.15, 0.2) is 12.7 Å². The lowest BCUT2D eigenvalue weighted by Gasteiger charge is -2.16. The number of carbonyl (C=O) groups is 1. The van der Waals surface area contributed by atoms with E-state index in [9.17, 15) is 9.90 Å². The van der Waals surface area contributed by atoms with Crippen molar-refractivity contribution >= 4 is 5.91 Å². The lowest BCUT2D eigenvalue weighted by Crippen LogP contribution is -2.29. The Labute approximate surface area is 79.0 Å². The van der Waals surface area contributed by atoms with Crippen LogP contribution in [0, 0.1) is 5.92 Å². The summed E-state index contributed by atoms with van der Waals surface area (Å²) in [5, 5.41) is 9.32. The highest BCUT2D eigenvalue weighted by molar-refractivity contribution is 5.77. The molecule has 1 saturated heterocycles. The standard InChI is InChI=1S/C10H17NO2/c1-3-4-10(13)11-6-5-9(7-11)8(2)12/h3,8-9,12H,1,4-7H2,2H3. The van der Waals surface area contributed by atoms with Gasteiger partial charge in [-0.3, -0.25) is 4.79 Å². The third-order valence-corrected chi connectivity index (χ3v) is 2.58. The van der Waals surface area contributed by atoms with Gasteiger partial charge in [0.15, 0.2) is 0 Å². The largest absolute Gasteiger partial charge is 0.393 e. The Bertz CT molecular complexity index is 201. The fraction of sp³-hybridized carbons (Fsp3) is 0.700. The Morgan fingerprint density at radius 2 is 2.54 bits per heavy atom. The van der Waals surface area contributed by atoms with E-state index in [0.29, 0.717) is 13.0 Å². The smallest absolute Gasteiger partial charge is 0.226 e. The molecule has 74 valence electrons. The molecule has 1 amide bonds. The van der Waals surface area contributed by atoms with Gasteiger partial charge in [-0.1, -0.05) is 6.08 Å². The second-order valence-electron chi connectivity index (χ2n) is 3.62. The van der Waals surface area contributed by atoms with Crippen LogP contribution in [0.1, 0.15) is 19.8 Å². The van der Waals surface area contributed by atoms with E-state index in [-0.39, 0.29) is 17.9 Å². The van der Waals surface area contributed by atoms with Crippen molar-refractivity contribution in [1.29, 1.82) is 0 Å². The average Bonchev–Trinajstić information content (AvgIpc) is 2.52. The van der Waals surface area contributed by atoms with Crippen molar-refractivity contribution in [2.75, 3.05) is 13.1 Å². The van der Waals surface area contributed by atoms with Crippen LogP contribution in [0.5, 0.6) is 0 Å². The van der Waals surface area contributed by atoms with Crippen LogP contribution in [0.2, 0.25) is 0 Å². The lowest BCUT2D eigenvalue weighted by atomic mass is 10.0. The second kappa shape index (κ2) is 4.42. The number of amides is 1. The zero-order valence-electron chi connectivity index (χ0n) is 8.07. The van der Waals surface area contributed by atoms with E-state index in [1.165, 1.54) is 0 Å². The van der Waals surface area contributed by atoms with E-state index < -0.39 is 0 Å². The van der Waals surface area contributed by atoms with E-state index in [4.69, 9.17) is 0 Å². The van der Waals surface area contributed by atoms with Gasteiger partial charge in [-0.25, -0.2) is 0 Å². The first-order chi connectivity index (χ1) is 6.15. The predicted molar refractivity (Wildman–Crippen MR) is 51.2 cm³/mol. The first kappa shape index (κ1) is 10.3. The molecule has 0 aliphatic carbocycles. The Kier molecular flexibility index (Phi) is 3.48. The van der Waals surface area contributed by atoms with Crippen molar-refractivity contribution in [1.82, 2.24) is 4.90 Å². The molecule has 3 heteroatoms. The van der Waals surface area contributed by atoms with Crippen molar-refractivity contribution in [3.05, 3.63) is 12.7 Å². The number of rotatable bonds is 3. The summed E-state index contributed by atoms with van der Waals surface area (Å²) < 4.78 is 0. The Hall–Kier alpha value is -0.830. The fourth-order valence-electron chi connectivity index (χ4n) is 1.66. The summed E-state index contributed by atoms with van der Waals surface area (Å²) in [6.45, 7) is 6.79. The first-order valence-electron chi connectivity index (χ1n) is 4.72. The van der Waals surface area contributed by atoms with Gasteiger partial charge < -0.3 is 10.0 Å². The summed E-state index contributed by atoms with van der Waals surface area (Å²) in [7, 11) is 0. The van der Waals surface area contributed by atoms with E-state index in [1.807, 2.05) is 0 Å². The summed E-state index contributed by atoms with van der Waals surface area (Å²) >= 11 is 0. The zero-order chi connectivity index (χ0) is 9.84. The van der Waals surface area contributed by atoms with E-state index >= 15 is 0 Å². The van der Waals surface area contributed by atoms with Gasteiger partial charge in [-0.2, -0.15) is 0 Å². The molecule has 0 spiro atoms. The summed E-state index contributed by atoms with van der Waals surface area (Å²) in [5.74, 6) is 0.381. The SMILES string of the molecule is C=CCC(=O)N1CCC(C(C)O)C1. The van der Waals surface area contributed by atoms with Gasteiger partial charge >= 0.3 is 0 Å². The lowest BCUT2D eigenvalue weighted by molar-refractivity contribution is -0.129. The van der Waals surface area contributed by atoms with Crippen LogP contribution in [0.4, 0.5) is 0 Å². The molecule has 3 nitrogen and oxygen atoms in total. The maximum Gasteiger partial charge on any atom is 0.226 e. The molecular formula is C10H17NO2. The summed E-state index contributed by atoms with van der Waals surface area (Å²) in [4.78, 5) is 13.2. The highest BCUT2D eigenvalue weighted by atomic mass is 16.3. The molecule has 2 atom stereocenters. The maximum absolute atomic E-state index is 11.4. The van der Waals surface area contributed by atoms with Crippen molar-refractivity contribution in [3.63, 3.8) is 0 Å². The molecule has 1 aliphatic heterocycles. The number of hydrogen-bond donors (Lipinski definition) is 1. The van der Waals surface area contributed by atoms with Gasteiger partial charge in [0.05, 0.1) is 6.10 Å². The number of carbonyl (C=O) groups excluding carboxylic acids is 1. The average molecular weight is 183 g/mol. The molecule has 1 N–H and O–H groups in total. The van der Waals surface area contributed by atoms with Gasteiger partial charge in [0.1, 0.15) is 0 Å². The molecule has 0 aromatic heterocycles. The molecule has 1 fully saturated rings. The zero-order valence-corrected chi connectivity index (χ0v) is 8.07. The molecule has 0 aromatic rings. The van der Waals surface area contributed by atoms with Gasteiger partial charge in [0, 0.05) is 25.4 Å². The van der Waals surface area contributed by atoms with Gasteiger partial charge in [0.2, 0.25) is 5.91 Å². The highest BCUT2D eigenvalue weighted by Gasteiger charge is 2.28. The van der Waals surface area contributed by atoms with Crippen LogP contribution < -0.4 is 0 Å². The quantitative estimate of drug-likeness (QED) is 0.657. The molecule has 1 rings (SSSR count). The number of nitrogens with zero attached hydrogens (tertiary/aromatic N) is 1. The highest BCUT2D eigenvalue weighted by Crippen LogP contribution is 2.20. The van der Waals surface area contributed by atoms with E-state index in [0.717, 1.165) is 13.0 Å². The maximum atomic E-state index is 11.4. The topological polar surface area (TPSA) is 40.5 Å². The second-order valence-corrected chi connectivity index (χ2v) is 3.62.